The molecule has 29 heavy (non-hydrogen) atoms. The predicted octanol–water partition coefficient (Wildman–Crippen LogP) is 4.20. The second kappa shape index (κ2) is 8.33. The van der Waals surface area contributed by atoms with Crippen molar-refractivity contribution in [3.05, 3.63) is 64.8 Å². The lowest BCUT2D eigenvalue weighted by Gasteiger charge is -2.13. The smallest absolute Gasteiger partial charge is 0.308 e. The molecule has 0 spiro atoms. The number of aromatic nitrogens is 4. The first kappa shape index (κ1) is 20.4. The van der Waals surface area contributed by atoms with Crippen LogP contribution in [0.15, 0.2) is 42.9 Å². The summed E-state index contributed by atoms with van der Waals surface area (Å²) in [5.74, 6) is 6.53. The number of nitrogens with one attached hydrogen (secondary N) is 2. The molecule has 3 rings (SSSR count). The van der Waals surface area contributed by atoms with Crippen LogP contribution in [0.5, 0.6) is 0 Å². The fraction of sp³-hybridized carbons (Fsp3) is 0.238. The van der Waals surface area contributed by atoms with Gasteiger partial charge in [-0.25, -0.2) is 14.8 Å². The molecule has 2 amide bonds. The Balaban J connectivity index is 1.70. The van der Waals surface area contributed by atoms with E-state index in [0.717, 1.165) is 11.3 Å². The maximum atomic E-state index is 12.4. The average Bonchev–Trinajstić information content (AvgIpc) is 3.02. The topological polar surface area (TPSA) is 84.7 Å². The van der Waals surface area contributed by atoms with Gasteiger partial charge in [-0.05, 0) is 18.2 Å². The summed E-state index contributed by atoms with van der Waals surface area (Å²) in [4.78, 5) is 20.2. The Morgan fingerprint density at radius 1 is 1.17 bits per heavy atom. The molecule has 0 saturated heterocycles. The minimum Gasteiger partial charge on any atom is -0.308 e. The van der Waals surface area contributed by atoms with Gasteiger partial charge in [0.25, 0.3) is 0 Å². The number of amides is 2. The van der Waals surface area contributed by atoms with Crippen molar-refractivity contribution in [2.45, 2.75) is 26.2 Å². The third-order valence-electron chi connectivity index (χ3n) is 4.02. The van der Waals surface area contributed by atoms with Gasteiger partial charge in [0.15, 0.2) is 0 Å². The summed E-state index contributed by atoms with van der Waals surface area (Å²) in [6.45, 7) is 6.21. The number of benzene rings is 1. The summed E-state index contributed by atoms with van der Waals surface area (Å²) < 4.78 is 1.65. The Morgan fingerprint density at radius 2 is 1.97 bits per heavy atom. The van der Waals surface area contributed by atoms with E-state index < -0.39 is 0 Å². The van der Waals surface area contributed by atoms with Crippen molar-refractivity contribution >= 4 is 29.1 Å². The summed E-state index contributed by atoms with van der Waals surface area (Å²) in [5.41, 5.74) is 2.67. The molecule has 0 saturated carbocycles. The molecule has 1 aromatic carbocycles. The quantitative estimate of drug-likeness (QED) is 0.491. The number of anilines is 2. The molecule has 0 aliphatic carbocycles. The Labute approximate surface area is 174 Å². The number of urea groups is 1. The molecule has 0 bridgehead atoms. The second-order valence-electron chi connectivity index (χ2n) is 7.43. The molecule has 7 nitrogen and oxygen atoms in total. The fourth-order valence-corrected chi connectivity index (χ4v) is 2.58. The number of nitrogens with zero attached hydrogens (tertiary/aromatic N) is 4. The van der Waals surface area contributed by atoms with Gasteiger partial charge in [0.05, 0.1) is 11.3 Å². The molecule has 148 valence electrons. The predicted molar refractivity (Wildman–Crippen MR) is 114 cm³/mol. The highest BCUT2D eigenvalue weighted by Gasteiger charge is 2.19. The van der Waals surface area contributed by atoms with E-state index in [0.29, 0.717) is 22.2 Å². The summed E-state index contributed by atoms with van der Waals surface area (Å²) in [5, 5.41) is 10.4. The molecule has 0 unspecified atom stereocenters. The second-order valence-corrected chi connectivity index (χ2v) is 7.78. The SMILES string of the molecule is Cn1nc(C(C)(C)C)cc1NC(=O)Nc1cccc(C#Cc2cncnc2Cl)c1. The molecule has 0 fully saturated rings. The van der Waals surface area contributed by atoms with Crippen molar-refractivity contribution in [2.24, 2.45) is 7.05 Å². The van der Waals surface area contributed by atoms with Crippen molar-refractivity contribution in [1.29, 1.82) is 0 Å². The van der Waals surface area contributed by atoms with Gasteiger partial charge in [-0.2, -0.15) is 5.10 Å². The molecule has 3 aromatic rings. The molecule has 0 radical (unpaired) electrons. The van der Waals surface area contributed by atoms with E-state index in [1.54, 1.807) is 30.1 Å². The first-order valence-electron chi connectivity index (χ1n) is 8.92. The maximum absolute atomic E-state index is 12.4. The largest absolute Gasteiger partial charge is 0.324 e. The third kappa shape index (κ3) is 5.33. The van der Waals surface area contributed by atoms with Gasteiger partial charge in [0.2, 0.25) is 0 Å². The van der Waals surface area contributed by atoms with E-state index in [1.807, 2.05) is 18.2 Å². The highest BCUT2D eigenvalue weighted by Crippen LogP contribution is 2.23. The van der Waals surface area contributed by atoms with E-state index in [1.165, 1.54) is 6.33 Å². The number of hydrogen-bond acceptors (Lipinski definition) is 4. The molecule has 2 N–H and O–H groups in total. The van der Waals surface area contributed by atoms with Crippen molar-refractivity contribution in [3.63, 3.8) is 0 Å². The van der Waals surface area contributed by atoms with Crippen LogP contribution in [-0.2, 0) is 12.5 Å². The molecule has 8 heteroatoms. The van der Waals surface area contributed by atoms with Crippen LogP contribution < -0.4 is 10.6 Å². The zero-order valence-corrected chi connectivity index (χ0v) is 17.4. The lowest BCUT2D eigenvalue weighted by molar-refractivity contribution is 0.262. The highest BCUT2D eigenvalue weighted by atomic mass is 35.5. The number of hydrogen-bond donors (Lipinski definition) is 2. The van der Waals surface area contributed by atoms with Gasteiger partial charge in [-0.15, -0.1) is 0 Å². The van der Waals surface area contributed by atoms with Crippen molar-refractivity contribution in [2.75, 3.05) is 10.6 Å². The molecule has 0 aliphatic rings. The van der Waals surface area contributed by atoms with E-state index in [-0.39, 0.29) is 11.4 Å². The van der Waals surface area contributed by atoms with Crippen LogP contribution in [-0.4, -0.2) is 25.8 Å². The summed E-state index contributed by atoms with van der Waals surface area (Å²) in [7, 11) is 1.79. The minimum absolute atomic E-state index is 0.103. The minimum atomic E-state index is -0.363. The first-order valence-corrected chi connectivity index (χ1v) is 9.30. The van der Waals surface area contributed by atoms with Crippen LogP contribution in [0.25, 0.3) is 0 Å². The molecule has 0 aliphatic heterocycles. The standard InChI is InChI=1S/C21H21ClN6O/c1-21(2,3)17-11-18(28(4)27-17)26-20(29)25-16-7-5-6-14(10-16)8-9-15-12-23-13-24-19(15)22/h5-7,10-13H,1-4H3,(H2,25,26,29). The van der Waals surface area contributed by atoms with Gasteiger partial charge in [-0.3, -0.25) is 10.00 Å². The van der Waals surface area contributed by atoms with Crippen LogP contribution >= 0.6 is 11.6 Å². The van der Waals surface area contributed by atoms with E-state index >= 15 is 0 Å². The highest BCUT2D eigenvalue weighted by molar-refractivity contribution is 6.30. The maximum Gasteiger partial charge on any atom is 0.324 e. The van der Waals surface area contributed by atoms with Crippen LogP contribution in [0, 0.1) is 11.8 Å². The fourth-order valence-electron chi connectivity index (χ4n) is 2.44. The first-order chi connectivity index (χ1) is 13.7. The van der Waals surface area contributed by atoms with Crippen molar-refractivity contribution in [1.82, 2.24) is 19.7 Å². The Kier molecular flexibility index (Phi) is 5.85. The van der Waals surface area contributed by atoms with Crippen molar-refractivity contribution in [3.8, 4) is 11.8 Å². The van der Waals surface area contributed by atoms with Gasteiger partial charge >= 0.3 is 6.03 Å². The monoisotopic (exact) mass is 408 g/mol. The number of halogens is 1. The molecule has 2 aromatic heterocycles. The number of carbonyl (C=O) groups is 1. The zero-order chi connectivity index (χ0) is 21.0. The van der Waals surface area contributed by atoms with E-state index in [4.69, 9.17) is 11.6 Å². The molecular weight excluding hydrogens is 388 g/mol. The van der Waals surface area contributed by atoms with Gasteiger partial charge in [-0.1, -0.05) is 50.3 Å². The van der Waals surface area contributed by atoms with Crippen molar-refractivity contribution < 1.29 is 4.79 Å². The normalized spacial score (nSPS) is 10.8. The average molecular weight is 409 g/mol. The Hall–Kier alpha value is -3.37. The molecular formula is C21H21ClN6O. The lowest BCUT2D eigenvalue weighted by Crippen LogP contribution is -2.21. The summed E-state index contributed by atoms with van der Waals surface area (Å²) in [6.07, 6.45) is 2.92. The number of rotatable bonds is 2. The Morgan fingerprint density at radius 3 is 2.66 bits per heavy atom. The third-order valence-corrected chi connectivity index (χ3v) is 4.32. The van der Waals surface area contributed by atoms with Gasteiger partial charge in [0.1, 0.15) is 17.3 Å². The summed E-state index contributed by atoms with van der Waals surface area (Å²) in [6, 6.07) is 8.71. The van der Waals surface area contributed by atoms with E-state index in [9.17, 15) is 4.79 Å². The zero-order valence-electron chi connectivity index (χ0n) is 16.6. The molecule has 0 atom stereocenters. The molecule has 2 heterocycles. The van der Waals surface area contributed by atoms with E-state index in [2.05, 4.69) is 58.3 Å². The van der Waals surface area contributed by atoms with Crippen LogP contribution in [0.1, 0.15) is 37.6 Å². The number of carbonyl (C=O) groups excluding carboxylic acids is 1. The number of aryl methyl sites for hydroxylation is 1. The lowest BCUT2D eigenvalue weighted by atomic mass is 9.92. The van der Waals surface area contributed by atoms with Gasteiger partial charge in [0, 0.05) is 36.0 Å². The Bertz CT molecular complexity index is 1100. The van der Waals surface area contributed by atoms with Gasteiger partial charge < -0.3 is 5.32 Å². The van der Waals surface area contributed by atoms with Crippen LogP contribution in [0.2, 0.25) is 5.15 Å². The van der Waals surface area contributed by atoms with Crippen LogP contribution in [0.3, 0.4) is 0 Å². The summed E-state index contributed by atoms with van der Waals surface area (Å²) >= 11 is 5.98. The van der Waals surface area contributed by atoms with Crippen LogP contribution in [0.4, 0.5) is 16.3 Å².